The molecule has 1 rings (SSSR count). The van der Waals surface area contributed by atoms with Crippen molar-refractivity contribution in [1.29, 1.82) is 0 Å². The van der Waals surface area contributed by atoms with Crippen molar-refractivity contribution in [1.82, 2.24) is 0 Å². The Labute approximate surface area is 51.1 Å². The average Bonchev–Trinajstić information content (AvgIpc) is 1.77. The van der Waals surface area contributed by atoms with Gasteiger partial charge in [-0.25, -0.2) is 4.79 Å². The molecule has 1 aliphatic heterocycles. The summed E-state index contributed by atoms with van der Waals surface area (Å²) in [5.74, 6) is 0.135. The molecule has 0 radical (unpaired) electrons. The van der Waals surface area contributed by atoms with Gasteiger partial charge in [-0.05, 0) is 6.92 Å². The molecule has 0 amide bonds. The number of carbonyl (C=O) groups excluding carboxylic acids is 1. The van der Waals surface area contributed by atoms with Gasteiger partial charge in [-0.2, -0.15) is 0 Å². The van der Waals surface area contributed by atoms with E-state index in [4.69, 9.17) is 0 Å². The van der Waals surface area contributed by atoms with E-state index in [2.05, 4.69) is 9.99 Å². The first-order valence-corrected chi connectivity index (χ1v) is 3.15. The number of hydrogen-bond donors (Lipinski definition) is 0. The van der Waals surface area contributed by atoms with Crippen LogP contribution in [0.4, 0.5) is 0 Å². The smallest absolute Gasteiger partial charge is 0.317 e. The summed E-state index contributed by atoms with van der Waals surface area (Å²) in [6.07, 6.45) is 0. The number of rotatable bonds is 0. The minimum atomic E-state index is -0.263. The van der Waals surface area contributed by atoms with Crippen molar-refractivity contribution < 1.29 is 9.63 Å². The highest BCUT2D eigenvalue weighted by Gasteiger charge is 2.09. The Kier molecular flexibility index (Phi) is 1.53. The normalized spacial score (nSPS) is 19.6. The van der Waals surface area contributed by atoms with Crippen LogP contribution in [0.3, 0.4) is 0 Å². The van der Waals surface area contributed by atoms with Gasteiger partial charge in [0, 0.05) is 0 Å². The van der Waals surface area contributed by atoms with Crippen molar-refractivity contribution in [3.8, 4) is 0 Å². The van der Waals surface area contributed by atoms with E-state index < -0.39 is 0 Å². The molecule has 0 aromatic heterocycles. The van der Waals surface area contributed by atoms with E-state index in [1.54, 1.807) is 6.92 Å². The molecule has 0 fully saturated rings. The molecule has 0 aliphatic carbocycles. The zero-order valence-electron chi connectivity index (χ0n) is 4.38. The number of carbonyl (C=O) groups is 1. The molecule has 0 bridgehead atoms. The van der Waals surface area contributed by atoms with Gasteiger partial charge < -0.3 is 4.84 Å². The van der Waals surface area contributed by atoms with Gasteiger partial charge in [-0.15, -0.1) is 0 Å². The first-order chi connectivity index (χ1) is 3.79. The molecule has 0 N–H and O–H groups in total. The van der Waals surface area contributed by atoms with Crippen LogP contribution in [0, 0.1) is 0 Å². The maximum absolute atomic E-state index is 10.3. The first kappa shape index (κ1) is 5.62. The Bertz CT molecular complexity index is 143. The van der Waals surface area contributed by atoms with E-state index in [-0.39, 0.29) is 5.97 Å². The highest BCUT2D eigenvalue weighted by Crippen LogP contribution is 2.09. The number of hydrogen-bond acceptors (Lipinski definition) is 4. The van der Waals surface area contributed by atoms with Gasteiger partial charge >= 0.3 is 5.97 Å². The maximum atomic E-state index is 10.3. The molecule has 0 saturated heterocycles. The summed E-state index contributed by atoms with van der Waals surface area (Å²) in [4.78, 5) is 14.6. The molecule has 8 heavy (non-hydrogen) atoms. The SMILES string of the molecule is CC1=NOC(=O)CS1. The molecular formula is C4H5NO2S. The molecule has 4 heteroatoms. The quantitative estimate of drug-likeness (QED) is 0.452. The molecule has 0 saturated carbocycles. The van der Waals surface area contributed by atoms with Crippen LogP contribution in [0.2, 0.25) is 0 Å². The summed E-state index contributed by atoms with van der Waals surface area (Å²) in [5.41, 5.74) is 0. The lowest BCUT2D eigenvalue weighted by molar-refractivity contribution is -0.140. The maximum Gasteiger partial charge on any atom is 0.345 e. The van der Waals surface area contributed by atoms with Crippen LogP contribution in [0.15, 0.2) is 5.16 Å². The van der Waals surface area contributed by atoms with Gasteiger partial charge in [0.25, 0.3) is 0 Å². The fraction of sp³-hybridized carbons (Fsp3) is 0.500. The molecule has 0 aromatic carbocycles. The van der Waals surface area contributed by atoms with Crippen molar-refractivity contribution in [2.75, 3.05) is 5.75 Å². The number of thioether (sulfide) groups is 1. The third-order valence-electron chi connectivity index (χ3n) is 0.675. The molecule has 1 heterocycles. The zero-order chi connectivity index (χ0) is 5.98. The van der Waals surface area contributed by atoms with E-state index in [0.717, 1.165) is 5.04 Å². The van der Waals surface area contributed by atoms with Crippen LogP contribution in [0.25, 0.3) is 0 Å². The van der Waals surface area contributed by atoms with Crippen molar-refractivity contribution in [3.05, 3.63) is 0 Å². The molecule has 1 aliphatic rings. The van der Waals surface area contributed by atoms with Gasteiger partial charge in [0.1, 0.15) is 5.04 Å². The lowest BCUT2D eigenvalue weighted by atomic mass is 10.8. The Hall–Kier alpha value is -0.510. The van der Waals surface area contributed by atoms with Crippen LogP contribution in [-0.4, -0.2) is 16.8 Å². The summed E-state index contributed by atoms with van der Waals surface area (Å²) >= 11 is 1.40. The van der Waals surface area contributed by atoms with Gasteiger partial charge in [0.15, 0.2) is 0 Å². The van der Waals surface area contributed by atoms with E-state index in [0.29, 0.717) is 5.75 Å². The molecule has 0 unspecified atom stereocenters. The van der Waals surface area contributed by atoms with Crippen molar-refractivity contribution in [2.24, 2.45) is 5.16 Å². The lowest BCUT2D eigenvalue weighted by Gasteiger charge is -2.03. The Morgan fingerprint density at radius 1 is 1.88 bits per heavy atom. The fourth-order valence-electron chi connectivity index (χ4n) is 0.331. The first-order valence-electron chi connectivity index (χ1n) is 2.16. The minimum absolute atomic E-state index is 0.263. The Balaban J connectivity index is 2.55. The van der Waals surface area contributed by atoms with Crippen LogP contribution in [-0.2, 0) is 9.63 Å². The second-order valence-corrected chi connectivity index (χ2v) is 2.53. The van der Waals surface area contributed by atoms with Crippen molar-refractivity contribution >= 4 is 22.8 Å². The van der Waals surface area contributed by atoms with Crippen molar-refractivity contribution in [3.63, 3.8) is 0 Å². The molecular weight excluding hydrogens is 126 g/mol. The van der Waals surface area contributed by atoms with Gasteiger partial charge in [0.05, 0.1) is 5.75 Å². The number of oxime groups is 1. The fourth-order valence-corrected chi connectivity index (χ4v) is 0.801. The molecule has 44 valence electrons. The monoisotopic (exact) mass is 131 g/mol. The Morgan fingerprint density at radius 3 is 3.00 bits per heavy atom. The van der Waals surface area contributed by atoms with Gasteiger partial charge in [-0.3, -0.25) is 0 Å². The highest BCUT2D eigenvalue weighted by atomic mass is 32.2. The average molecular weight is 131 g/mol. The van der Waals surface area contributed by atoms with E-state index in [1.807, 2.05) is 0 Å². The summed E-state index contributed by atoms with van der Waals surface area (Å²) < 4.78 is 0. The predicted molar refractivity (Wildman–Crippen MR) is 31.7 cm³/mol. The summed E-state index contributed by atoms with van der Waals surface area (Å²) in [7, 11) is 0. The Morgan fingerprint density at radius 2 is 2.62 bits per heavy atom. The summed E-state index contributed by atoms with van der Waals surface area (Å²) in [6.45, 7) is 1.80. The second kappa shape index (κ2) is 2.17. The van der Waals surface area contributed by atoms with Crippen LogP contribution >= 0.6 is 11.8 Å². The van der Waals surface area contributed by atoms with E-state index in [1.165, 1.54) is 11.8 Å². The van der Waals surface area contributed by atoms with E-state index in [9.17, 15) is 4.79 Å². The number of nitrogens with zero attached hydrogens (tertiary/aromatic N) is 1. The molecule has 3 nitrogen and oxygen atoms in total. The van der Waals surface area contributed by atoms with Crippen molar-refractivity contribution in [2.45, 2.75) is 6.92 Å². The third kappa shape index (κ3) is 1.23. The lowest BCUT2D eigenvalue weighted by Crippen LogP contribution is -2.10. The second-order valence-electron chi connectivity index (χ2n) is 1.36. The largest absolute Gasteiger partial charge is 0.345 e. The van der Waals surface area contributed by atoms with Crippen LogP contribution in [0.5, 0.6) is 0 Å². The van der Waals surface area contributed by atoms with Gasteiger partial charge in [0.2, 0.25) is 0 Å². The van der Waals surface area contributed by atoms with Gasteiger partial charge in [-0.1, -0.05) is 16.9 Å². The molecule has 0 aromatic rings. The van der Waals surface area contributed by atoms with Crippen LogP contribution < -0.4 is 0 Å². The summed E-state index contributed by atoms with van der Waals surface area (Å²) in [5, 5.41) is 4.25. The minimum Gasteiger partial charge on any atom is -0.317 e. The molecule has 0 spiro atoms. The predicted octanol–water partition coefficient (Wildman–Crippen LogP) is 0.610. The van der Waals surface area contributed by atoms with Crippen LogP contribution in [0.1, 0.15) is 6.92 Å². The molecule has 0 atom stereocenters. The topological polar surface area (TPSA) is 38.7 Å². The highest BCUT2D eigenvalue weighted by molar-refractivity contribution is 8.14. The van der Waals surface area contributed by atoms with E-state index >= 15 is 0 Å². The standard InChI is InChI=1S/C4H5NO2S/c1-3-5-7-4(6)2-8-3/h2H2,1H3. The zero-order valence-corrected chi connectivity index (χ0v) is 5.20. The summed E-state index contributed by atoms with van der Waals surface area (Å²) in [6, 6.07) is 0. The third-order valence-corrected chi connectivity index (χ3v) is 1.55.